The van der Waals surface area contributed by atoms with E-state index in [1.807, 2.05) is 0 Å². The average Bonchev–Trinajstić information content (AvgIpc) is 2.45. The van der Waals surface area contributed by atoms with Gasteiger partial charge in [0.25, 0.3) is 0 Å². The number of nitrogens with one attached hydrogen (secondary N) is 1. The SMILES string of the molecule is CC1(C)Cc2ccccc2/C(=C/CC2CCCCC2)N1. The van der Waals surface area contributed by atoms with Gasteiger partial charge in [0.05, 0.1) is 0 Å². The van der Waals surface area contributed by atoms with E-state index in [9.17, 15) is 0 Å². The van der Waals surface area contributed by atoms with Crippen LogP contribution >= 0.6 is 0 Å². The highest BCUT2D eigenvalue weighted by molar-refractivity contribution is 5.69. The van der Waals surface area contributed by atoms with E-state index in [1.54, 1.807) is 0 Å². The molecular formula is C19H27N. The van der Waals surface area contributed by atoms with Crippen LogP contribution in [0.25, 0.3) is 5.70 Å². The Bertz CT molecular complexity index is 492. The minimum Gasteiger partial charge on any atom is -0.380 e. The van der Waals surface area contributed by atoms with Crippen LogP contribution in [0.15, 0.2) is 30.3 Å². The Morgan fingerprint density at radius 1 is 1.15 bits per heavy atom. The molecule has 0 atom stereocenters. The van der Waals surface area contributed by atoms with Crippen molar-refractivity contribution in [2.24, 2.45) is 5.92 Å². The highest BCUT2D eigenvalue weighted by Crippen LogP contribution is 2.32. The minimum absolute atomic E-state index is 0.173. The van der Waals surface area contributed by atoms with Crippen molar-refractivity contribution < 1.29 is 0 Å². The van der Waals surface area contributed by atoms with Crippen LogP contribution in [0, 0.1) is 5.92 Å². The number of fused-ring (bicyclic) bond motifs is 1. The van der Waals surface area contributed by atoms with Gasteiger partial charge in [-0.3, -0.25) is 0 Å². The topological polar surface area (TPSA) is 12.0 Å². The predicted octanol–water partition coefficient (Wildman–Crippen LogP) is 4.92. The summed E-state index contributed by atoms with van der Waals surface area (Å²) in [5, 5.41) is 3.75. The first-order valence-electron chi connectivity index (χ1n) is 8.21. The second-order valence-corrected chi connectivity index (χ2v) is 7.20. The maximum atomic E-state index is 3.75. The Morgan fingerprint density at radius 2 is 1.90 bits per heavy atom. The molecule has 1 aliphatic heterocycles. The summed E-state index contributed by atoms with van der Waals surface area (Å²) in [7, 11) is 0. The van der Waals surface area contributed by atoms with Gasteiger partial charge >= 0.3 is 0 Å². The van der Waals surface area contributed by atoms with E-state index < -0.39 is 0 Å². The van der Waals surface area contributed by atoms with Crippen molar-refractivity contribution >= 4 is 5.70 Å². The summed E-state index contributed by atoms with van der Waals surface area (Å²) in [4.78, 5) is 0. The first-order chi connectivity index (χ1) is 9.64. The van der Waals surface area contributed by atoms with Crippen LogP contribution in [-0.2, 0) is 6.42 Å². The van der Waals surface area contributed by atoms with E-state index in [2.05, 4.69) is 49.5 Å². The molecule has 1 heterocycles. The quantitative estimate of drug-likeness (QED) is 0.803. The molecule has 0 bridgehead atoms. The van der Waals surface area contributed by atoms with Crippen molar-refractivity contribution in [3.05, 3.63) is 41.5 Å². The zero-order chi connectivity index (χ0) is 14.0. The van der Waals surface area contributed by atoms with Crippen molar-refractivity contribution in [1.82, 2.24) is 5.32 Å². The smallest absolute Gasteiger partial charge is 0.0380 e. The largest absolute Gasteiger partial charge is 0.380 e. The molecule has 0 saturated heterocycles. The first-order valence-corrected chi connectivity index (χ1v) is 8.21. The van der Waals surface area contributed by atoms with Crippen LogP contribution in [0.1, 0.15) is 63.5 Å². The van der Waals surface area contributed by atoms with Crippen molar-refractivity contribution in [1.29, 1.82) is 0 Å². The molecule has 1 saturated carbocycles. The number of hydrogen-bond acceptors (Lipinski definition) is 1. The molecular weight excluding hydrogens is 242 g/mol. The lowest BCUT2D eigenvalue weighted by Gasteiger charge is -2.36. The van der Waals surface area contributed by atoms with Crippen LogP contribution < -0.4 is 5.32 Å². The number of hydrogen-bond donors (Lipinski definition) is 1. The van der Waals surface area contributed by atoms with Gasteiger partial charge in [-0.25, -0.2) is 0 Å². The molecule has 0 amide bonds. The lowest BCUT2D eigenvalue weighted by molar-refractivity contribution is 0.360. The summed E-state index contributed by atoms with van der Waals surface area (Å²) < 4.78 is 0. The van der Waals surface area contributed by atoms with Gasteiger partial charge in [-0.2, -0.15) is 0 Å². The summed E-state index contributed by atoms with van der Waals surface area (Å²) in [6, 6.07) is 8.88. The normalized spacial score (nSPS) is 24.2. The van der Waals surface area contributed by atoms with Gasteiger partial charge in [-0.15, -0.1) is 0 Å². The monoisotopic (exact) mass is 269 g/mol. The fraction of sp³-hybridized carbons (Fsp3) is 0.579. The molecule has 1 N–H and O–H groups in total. The lowest BCUT2D eigenvalue weighted by atomic mass is 9.83. The van der Waals surface area contributed by atoms with E-state index in [0.717, 1.165) is 12.3 Å². The molecule has 2 aliphatic rings. The van der Waals surface area contributed by atoms with Crippen LogP contribution in [0.2, 0.25) is 0 Å². The van der Waals surface area contributed by atoms with Gasteiger partial charge in [0.15, 0.2) is 0 Å². The lowest BCUT2D eigenvalue weighted by Crippen LogP contribution is -2.43. The maximum Gasteiger partial charge on any atom is 0.0380 e. The second kappa shape index (κ2) is 5.63. The van der Waals surface area contributed by atoms with E-state index in [4.69, 9.17) is 0 Å². The van der Waals surface area contributed by atoms with E-state index >= 15 is 0 Å². The van der Waals surface area contributed by atoms with E-state index in [1.165, 1.54) is 55.3 Å². The molecule has 0 spiro atoms. The van der Waals surface area contributed by atoms with Gasteiger partial charge in [0, 0.05) is 16.8 Å². The third-order valence-electron chi connectivity index (χ3n) is 4.79. The molecule has 108 valence electrons. The molecule has 0 radical (unpaired) electrons. The molecule has 1 heteroatoms. The average molecular weight is 269 g/mol. The Balaban J connectivity index is 1.80. The zero-order valence-corrected chi connectivity index (χ0v) is 12.9. The highest BCUT2D eigenvalue weighted by Gasteiger charge is 2.27. The van der Waals surface area contributed by atoms with E-state index in [-0.39, 0.29) is 5.54 Å². The third-order valence-corrected chi connectivity index (χ3v) is 4.79. The van der Waals surface area contributed by atoms with Crippen molar-refractivity contribution in [3.8, 4) is 0 Å². The molecule has 1 aromatic rings. The summed E-state index contributed by atoms with van der Waals surface area (Å²) in [6.07, 6.45) is 12.0. The number of benzene rings is 1. The van der Waals surface area contributed by atoms with Crippen molar-refractivity contribution in [3.63, 3.8) is 0 Å². The molecule has 1 nitrogen and oxygen atoms in total. The van der Waals surface area contributed by atoms with Crippen LogP contribution in [-0.4, -0.2) is 5.54 Å². The fourth-order valence-corrected chi connectivity index (χ4v) is 3.76. The van der Waals surface area contributed by atoms with Crippen LogP contribution in [0.3, 0.4) is 0 Å². The Kier molecular flexibility index (Phi) is 3.87. The van der Waals surface area contributed by atoms with Crippen molar-refractivity contribution in [2.75, 3.05) is 0 Å². The fourth-order valence-electron chi connectivity index (χ4n) is 3.76. The Labute approximate surface area is 123 Å². The number of rotatable bonds is 2. The predicted molar refractivity (Wildman–Crippen MR) is 86.5 cm³/mol. The third kappa shape index (κ3) is 3.08. The number of allylic oxidation sites excluding steroid dienone is 1. The van der Waals surface area contributed by atoms with Crippen LogP contribution in [0.4, 0.5) is 0 Å². The minimum atomic E-state index is 0.173. The summed E-state index contributed by atoms with van der Waals surface area (Å²) in [6.45, 7) is 4.61. The Hall–Kier alpha value is -1.24. The maximum absolute atomic E-state index is 3.75. The Morgan fingerprint density at radius 3 is 2.70 bits per heavy atom. The van der Waals surface area contributed by atoms with Gasteiger partial charge in [0.1, 0.15) is 0 Å². The summed E-state index contributed by atoms with van der Waals surface area (Å²) >= 11 is 0. The van der Waals surface area contributed by atoms with Gasteiger partial charge in [0.2, 0.25) is 0 Å². The van der Waals surface area contributed by atoms with Gasteiger partial charge in [-0.05, 0) is 38.2 Å². The molecule has 1 aromatic carbocycles. The van der Waals surface area contributed by atoms with Gasteiger partial charge < -0.3 is 5.32 Å². The summed E-state index contributed by atoms with van der Waals surface area (Å²) in [5.74, 6) is 0.912. The first kappa shape index (κ1) is 13.7. The molecule has 0 unspecified atom stereocenters. The molecule has 0 aromatic heterocycles. The molecule has 3 rings (SSSR count). The van der Waals surface area contributed by atoms with Crippen LogP contribution in [0.5, 0.6) is 0 Å². The van der Waals surface area contributed by atoms with Gasteiger partial charge in [-0.1, -0.05) is 62.4 Å². The summed E-state index contributed by atoms with van der Waals surface area (Å²) in [5.41, 5.74) is 4.45. The second-order valence-electron chi connectivity index (χ2n) is 7.20. The molecule has 1 aliphatic carbocycles. The standard InChI is InChI=1S/C19H27N/c1-19(2)14-16-10-6-7-11-17(16)18(20-19)13-12-15-8-4-3-5-9-15/h6-7,10-11,13,15,20H,3-5,8-9,12,14H2,1-2H3/b18-13-. The molecule has 1 fully saturated rings. The molecule has 20 heavy (non-hydrogen) atoms. The van der Waals surface area contributed by atoms with E-state index in [0.29, 0.717) is 0 Å². The highest BCUT2D eigenvalue weighted by atomic mass is 15.0. The van der Waals surface area contributed by atoms with Crippen molar-refractivity contribution in [2.45, 2.75) is 64.3 Å². The zero-order valence-electron chi connectivity index (χ0n) is 12.9.